The lowest BCUT2D eigenvalue weighted by atomic mass is 9.90. The summed E-state index contributed by atoms with van der Waals surface area (Å²) < 4.78 is 5.13. The van der Waals surface area contributed by atoms with E-state index in [4.69, 9.17) is 10.6 Å². The number of carbonyl (C=O) groups excluding carboxylic acids is 1. The van der Waals surface area contributed by atoms with E-state index in [0.29, 0.717) is 12.8 Å². The predicted molar refractivity (Wildman–Crippen MR) is 51.2 cm³/mol. The van der Waals surface area contributed by atoms with Crippen molar-refractivity contribution < 1.29 is 19.5 Å². The van der Waals surface area contributed by atoms with Gasteiger partial charge < -0.3 is 14.7 Å². The summed E-state index contributed by atoms with van der Waals surface area (Å²) in [5.74, 6) is 4.45. The third kappa shape index (κ3) is 3.25. The number of nitrogens with two attached hydrogens (primary N) is 1. The molecule has 84 valence electrons. The van der Waals surface area contributed by atoms with Crippen LogP contribution in [0.3, 0.4) is 0 Å². The molecule has 3 N–H and O–H groups in total. The van der Waals surface area contributed by atoms with Crippen molar-refractivity contribution in [1.29, 1.82) is 0 Å². The van der Waals surface area contributed by atoms with Crippen LogP contribution in [-0.4, -0.2) is 29.4 Å². The summed E-state index contributed by atoms with van der Waals surface area (Å²) in [4.78, 5) is 15.2. The number of carbonyl (C=O) groups is 1. The largest absolute Gasteiger partial charge is 0.456 e. The first kappa shape index (κ1) is 13.4. The van der Waals surface area contributed by atoms with Gasteiger partial charge in [0.25, 0.3) is 0 Å². The van der Waals surface area contributed by atoms with Crippen LogP contribution in [0.2, 0.25) is 0 Å². The molecule has 0 radical (unpaired) electrons. The summed E-state index contributed by atoms with van der Waals surface area (Å²) >= 11 is 0. The van der Waals surface area contributed by atoms with Gasteiger partial charge in [0.2, 0.25) is 0 Å². The Morgan fingerprint density at radius 1 is 1.50 bits per heavy atom. The third-order valence-electron chi connectivity index (χ3n) is 2.41. The molecule has 0 amide bonds. The highest BCUT2D eigenvalue weighted by atomic mass is 16.6. The molecule has 0 aliphatic heterocycles. The lowest BCUT2D eigenvalue weighted by Crippen LogP contribution is -2.48. The number of hydrogen-bond donors (Lipinski definition) is 2. The average Bonchev–Trinajstić information content (AvgIpc) is 2.14. The molecule has 5 nitrogen and oxygen atoms in total. The Labute approximate surface area is 84.1 Å². The Hall–Kier alpha value is -0.650. The molecule has 0 aromatic rings. The van der Waals surface area contributed by atoms with Crippen molar-refractivity contribution in [2.24, 2.45) is 5.90 Å². The van der Waals surface area contributed by atoms with Crippen molar-refractivity contribution >= 4 is 5.97 Å². The molecule has 0 heterocycles. The molecule has 1 unspecified atom stereocenters. The van der Waals surface area contributed by atoms with E-state index in [-0.39, 0.29) is 6.61 Å². The molecule has 0 saturated carbocycles. The average molecular weight is 205 g/mol. The fourth-order valence-corrected chi connectivity index (χ4v) is 1.46. The van der Waals surface area contributed by atoms with E-state index in [9.17, 15) is 9.90 Å². The normalized spacial score (nSPS) is 13.8. The highest BCUT2D eigenvalue weighted by molar-refractivity contribution is 5.66. The highest BCUT2D eigenvalue weighted by Crippen LogP contribution is 2.25. The van der Waals surface area contributed by atoms with E-state index in [1.165, 1.54) is 6.92 Å². The van der Waals surface area contributed by atoms with E-state index in [1.807, 2.05) is 13.8 Å². The van der Waals surface area contributed by atoms with Gasteiger partial charge in [-0.05, 0) is 12.8 Å². The van der Waals surface area contributed by atoms with Crippen molar-refractivity contribution in [3.63, 3.8) is 0 Å². The Kier molecular flexibility index (Phi) is 5.68. The molecular weight excluding hydrogens is 186 g/mol. The predicted octanol–water partition coefficient (Wildman–Crippen LogP) is 0.360. The standard InChI is InChI=1S/C9H19NO4/c1-4-9(5-2,14-7(3)11)8(12)6-13-10/h8,12H,4-6,10H2,1-3H3. The number of ether oxygens (including phenoxy) is 1. The summed E-state index contributed by atoms with van der Waals surface area (Å²) in [6, 6.07) is 0. The molecule has 0 aromatic carbocycles. The molecule has 0 bridgehead atoms. The van der Waals surface area contributed by atoms with Gasteiger partial charge in [-0.15, -0.1) is 0 Å². The molecule has 0 spiro atoms. The Morgan fingerprint density at radius 2 is 2.00 bits per heavy atom. The van der Waals surface area contributed by atoms with E-state index < -0.39 is 17.7 Å². The van der Waals surface area contributed by atoms with Crippen LogP contribution in [0.1, 0.15) is 33.6 Å². The first-order chi connectivity index (χ1) is 6.52. The summed E-state index contributed by atoms with van der Waals surface area (Å²) in [7, 11) is 0. The van der Waals surface area contributed by atoms with Crippen LogP contribution in [-0.2, 0) is 14.4 Å². The van der Waals surface area contributed by atoms with Crippen molar-refractivity contribution in [2.45, 2.75) is 45.3 Å². The van der Waals surface area contributed by atoms with Crippen LogP contribution >= 0.6 is 0 Å². The highest BCUT2D eigenvalue weighted by Gasteiger charge is 2.37. The zero-order chi connectivity index (χ0) is 11.2. The smallest absolute Gasteiger partial charge is 0.303 e. The number of aliphatic hydroxyl groups is 1. The molecular formula is C9H19NO4. The van der Waals surface area contributed by atoms with Gasteiger partial charge >= 0.3 is 5.97 Å². The summed E-state index contributed by atoms with van der Waals surface area (Å²) in [6.45, 7) is 4.95. The monoisotopic (exact) mass is 205 g/mol. The van der Waals surface area contributed by atoms with Crippen molar-refractivity contribution in [2.75, 3.05) is 6.61 Å². The summed E-state index contributed by atoms with van der Waals surface area (Å²) in [5.41, 5.74) is -0.884. The van der Waals surface area contributed by atoms with E-state index in [2.05, 4.69) is 4.84 Å². The van der Waals surface area contributed by atoms with E-state index in [0.717, 1.165) is 0 Å². The number of hydrogen-bond acceptors (Lipinski definition) is 5. The van der Waals surface area contributed by atoms with E-state index >= 15 is 0 Å². The SMILES string of the molecule is CCC(CC)(OC(C)=O)C(O)CON. The maximum atomic E-state index is 10.9. The molecule has 0 rings (SSSR count). The fraction of sp³-hybridized carbons (Fsp3) is 0.889. The zero-order valence-electron chi connectivity index (χ0n) is 8.95. The third-order valence-corrected chi connectivity index (χ3v) is 2.41. The van der Waals surface area contributed by atoms with Gasteiger partial charge in [-0.25, -0.2) is 5.90 Å². The Bertz CT molecular complexity index is 180. The second-order valence-electron chi connectivity index (χ2n) is 3.21. The minimum Gasteiger partial charge on any atom is -0.456 e. The Morgan fingerprint density at radius 3 is 2.29 bits per heavy atom. The van der Waals surface area contributed by atoms with Gasteiger partial charge in [0.1, 0.15) is 11.7 Å². The zero-order valence-corrected chi connectivity index (χ0v) is 8.95. The van der Waals surface area contributed by atoms with Crippen LogP contribution < -0.4 is 5.90 Å². The Balaban J connectivity index is 4.58. The molecule has 14 heavy (non-hydrogen) atoms. The lowest BCUT2D eigenvalue weighted by Gasteiger charge is -2.35. The van der Waals surface area contributed by atoms with Gasteiger partial charge in [-0.3, -0.25) is 4.79 Å². The minimum absolute atomic E-state index is 0.0467. The molecule has 0 aliphatic carbocycles. The van der Waals surface area contributed by atoms with Crippen LogP contribution in [0.5, 0.6) is 0 Å². The van der Waals surface area contributed by atoms with Gasteiger partial charge in [-0.2, -0.15) is 0 Å². The van der Waals surface area contributed by atoms with Gasteiger partial charge in [0, 0.05) is 6.92 Å². The van der Waals surface area contributed by atoms with Crippen LogP contribution in [0, 0.1) is 0 Å². The molecule has 5 heteroatoms. The number of esters is 1. The molecule has 0 aromatic heterocycles. The van der Waals surface area contributed by atoms with Crippen molar-refractivity contribution in [1.82, 2.24) is 0 Å². The number of rotatable bonds is 6. The maximum Gasteiger partial charge on any atom is 0.303 e. The number of aliphatic hydroxyl groups excluding tert-OH is 1. The topological polar surface area (TPSA) is 81.8 Å². The lowest BCUT2D eigenvalue weighted by molar-refractivity contribution is -0.178. The first-order valence-corrected chi connectivity index (χ1v) is 4.71. The van der Waals surface area contributed by atoms with Gasteiger partial charge in [-0.1, -0.05) is 13.8 Å². The van der Waals surface area contributed by atoms with Crippen LogP contribution in [0.4, 0.5) is 0 Å². The fourth-order valence-electron chi connectivity index (χ4n) is 1.46. The maximum absolute atomic E-state index is 10.9. The second kappa shape index (κ2) is 5.95. The first-order valence-electron chi connectivity index (χ1n) is 4.71. The summed E-state index contributed by atoms with van der Waals surface area (Å²) in [6.07, 6.45) is 0.146. The quantitative estimate of drug-likeness (QED) is 0.483. The minimum atomic E-state index is -0.897. The van der Waals surface area contributed by atoms with Gasteiger partial charge in [0.05, 0.1) is 6.61 Å². The molecule has 0 aliphatic rings. The molecule has 0 fully saturated rings. The van der Waals surface area contributed by atoms with Crippen LogP contribution in [0.25, 0.3) is 0 Å². The molecule has 1 atom stereocenters. The van der Waals surface area contributed by atoms with Gasteiger partial charge in [0.15, 0.2) is 0 Å². The van der Waals surface area contributed by atoms with Crippen LogP contribution in [0.15, 0.2) is 0 Å². The van der Waals surface area contributed by atoms with Crippen molar-refractivity contribution in [3.05, 3.63) is 0 Å². The molecule has 0 saturated heterocycles. The van der Waals surface area contributed by atoms with Crippen molar-refractivity contribution in [3.8, 4) is 0 Å². The summed E-state index contributed by atoms with van der Waals surface area (Å²) in [5, 5.41) is 9.73. The van der Waals surface area contributed by atoms with E-state index in [1.54, 1.807) is 0 Å². The second-order valence-corrected chi connectivity index (χ2v) is 3.21.